The zero-order valence-corrected chi connectivity index (χ0v) is 10.7. The summed E-state index contributed by atoms with van der Waals surface area (Å²) in [5.41, 5.74) is 7.80. The Kier molecular flexibility index (Phi) is 4.83. The van der Waals surface area contributed by atoms with Gasteiger partial charge in [0.05, 0.1) is 6.04 Å². The monoisotopic (exact) mass is 238 g/mol. The van der Waals surface area contributed by atoms with Gasteiger partial charge in [-0.05, 0) is 44.2 Å². The third kappa shape index (κ3) is 3.54. The van der Waals surface area contributed by atoms with Crippen LogP contribution in [-0.4, -0.2) is 24.7 Å². The number of amides is 1. The first-order valence-electron chi connectivity index (χ1n) is 5.21. The number of hydrogen-bond acceptors (Lipinski definition) is 3. The van der Waals surface area contributed by atoms with Crippen molar-refractivity contribution in [1.29, 1.82) is 0 Å². The summed E-state index contributed by atoms with van der Waals surface area (Å²) in [6.07, 6.45) is 0. The highest BCUT2D eigenvalue weighted by molar-refractivity contribution is 7.99. The molecule has 3 N–H and O–H groups in total. The quantitative estimate of drug-likeness (QED) is 0.764. The zero-order chi connectivity index (χ0) is 12.1. The smallest absolute Gasteiger partial charge is 0.235 e. The van der Waals surface area contributed by atoms with E-state index in [4.69, 9.17) is 5.73 Å². The van der Waals surface area contributed by atoms with Crippen molar-refractivity contribution >= 4 is 17.7 Å². The van der Waals surface area contributed by atoms with Gasteiger partial charge in [-0.25, -0.2) is 0 Å². The molecule has 3 nitrogen and oxygen atoms in total. The van der Waals surface area contributed by atoms with Crippen molar-refractivity contribution < 1.29 is 4.79 Å². The molecule has 0 saturated heterocycles. The van der Waals surface area contributed by atoms with Crippen LogP contribution in [0.15, 0.2) is 23.1 Å². The molecule has 1 amide bonds. The third-order valence-electron chi connectivity index (χ3n) is 2.59. The molecular weight excluding hydrogens is 220 g/mol. The topological polar surface area (TPSA) is 55.1 Å². The number of aryl methyl sites for hydroxylation is 2. The second-order valence-electron chi connectivity index (χ2n) is 3.80. The maximum Gasteiger partial charge on any atom is 0.235 e. The number of carbonyl (C=O) groups is 1. The summed E-state index contributed by atoms with van der Waals surface area (Å²) in [6.45, 7) is 4.17. The van der Waals surface area contributed by atoms with Gasteiger partial charge in [0.25, 0.3) is 0 Å². The predicted octanol–water partition coefficient (Wildman–Crippen LogP) is 1.47. The van der Waals surface area contributed by atoms with Gasteiger partial charge in [-0.15, -0.1) is 11.8 Å². The Labute approximate surface area is 101 Å². The molecule has 88 valence electrons. The number of primary amides is 1. The lowest BCUT2D eigenvalue weighted by molar-refractivity contribution is -0.119. The third-order valence-corrected chi connectivity index (χ3v) is 3.67. The Balaban J connectivity index is 2.60. The normalized spacial score (nSPS) is 12.4. The van der Waals surface area contributed by atoms with Crippen molar-refractivity contribution in [2.24, 2.45) is 5.73 Å². The molecule has 0 saturated carbocycles. The van der Waals surface area contributed by atoms with E-state index >= 15 is 0 Å². The van der Waals surface area contributed by atoms with E-state index in [2.05, 4.69) is 37.4 Å². The molecule has 0 aromatic heterocycles. The number of nitrogens with one attached hydrogen (secondary N) is 1. The zero-order valence-electron chi connectivity index (χ0n) is 9.91. The summed E-state index contributed by atoms with van der Waals surface area (Å²) in [5, 5.41) is 2.90. The number of hydrogen-bond donors (Lipinski definition) is 2. The number of carbonyl (C=O) groups excluding carboxylic acids is 1. The maximum atomic E-state index is 11.0. The van der Waals surface area contributed by atoms with Gasteiger partial charge in [0.2, 0.25) is 5.91 Å². The van der Waals surface area contributed by atoms with E-state index < -0.39 is 0 Å². The average molecular weight is 238 g/mol. The summed E-state index contributed by atoms with van der Waals surface area (Å²) in [4.78, 5) is 12.2. The van der Waals surface area contributed by atoms with Gasteiger partial charge < -0.3 is 11.1 Å². The lowest BCUT2D eigenvalue weighted by Crippen LogP contribution is -2.41. The van der Waals surface area contributed by atoms with Gasteiger partial charge in [-0.3, -0.25) is 4.79 Å². The standard InChI is InChI=1S/C12H18N2OS/c1-8-4-5-10(6-9(8)2)16-7-11(14-3)12(13)15/h4-6,11,14H,7H2,1-3H3,(H2,13,15). The lowest BCUT2D eigenvalue weighted by Gasteiger charge is -2.12. The van der Waals surface area contributed by atoms with E-state index in [1.807, 2.05) is 0 Å². The fourth-order valence-electron chi connectivity index (χ4n) is 1.29. The van der Waals surface area contributed by atoms with Crippen LogP contribution >= 0.6 is 11.8 Å². The predicted molar refractivity (Wildman–Crippen MR) is 68.7 cm³/mol. The van der Waals surface area contributed by atoms with Crippen LogP contribution in [0.3, 0.4) is 0 Å². The number of benzene rings is 1. The summed E-state index contributed by atoms with van der Waals surface area (Å²) >= 11 is 1.64. The Bertz CT molecular complexity index is 379. The number of nitrogens with two attached hydrogens (primary N) is 1. The minimum absolute atomic E-state index is 0.272. The van der Waals surface area contributed by atoms with Crippen LogP contribution in [0, 0.1) is 13.8 Å². The lowest BCUT2D eigenvalue weighted by atomic mass is 10.1. The Morgan fingerprint density at radius 1 is 1.44 bits per heavy atom. The second kappa shape index (κ2) is 5.92. The first-order valence-corrected chi connectivity index (χ1v) is 6.19. The average Bonchev–Trinajstić information content (AvgIpc) is 2.23. The van der Waals surface area contributed by atoms with Crippen LogP contribution in [-0.2, 0) is 4.79 Å². The summed E-state index contributed by atoms with van der Waals surface area (Å²) in [5.74, 6) is 0.354. The van der Waals surface area contributed by atoms with Crippen LogP contribution in [0.1, 0.15) is 11.1 Å². The van der Waals surface area contributed by atoms with Crippen molar-refractivity contribution in [3.8, 4) is 0 Å². The minimum atomic E-state index is -0.307. The molecule has 1 atom stereocenters. The molecule has 1 aromatic rings. The molecule has 0 radical (unpaired) electrons. The van der Waals surface area contributed by atoms with Gasteiger partial charge in [-0.2, -0.15) is 0 Å². The molecule has 1 rings (SSSR count). The van der Waals surface area contributed by atoms with Gasteiger partial charge >= 0.3 is 0 Å². The van der Waals surface area contributed by atoms with Gasteiger partial charge in [-0.1, -0.05) is 6.07 Å². The molecule has 0 bridgehead atoms. The first kappa shape index (κ1) is 13.1. The fraction of sp³-hybridized carbons (Fsp3) is 0.417. The van der Waals surface area contributed by atoms with Crippen molar-refractivity contribution in [3.63, 3.8) is 0 Å². The van der Waals surface area contributed by atoms with E-state index in [0.717, 1.165) is 0 Å². The van der Waals surface area contributed by atoms with E-state index in [9.17, 15) is 4.79 Å². The van der Waals surface area contributed by atoms with Crippen LogP contribution in [0.2, 0.25) is 0 Å². The highest BCUT2D eigenvalue weighted by Crippen LogP contribution is 2.21. The number of rotatable bonds is 5. The van der Waals surface area contributed by atoms with Gasteiger partial charge in [0, 0.05) is 10.6 Å². The van der Waals surface area contributed by atoms with E-state index in [1.54, 1.807) is 18.8 Å². The van der Waals surface area contributed by atoms with Crippen molar-refractivity contribution in [2.45, 2.75) is 24.8 Å². The summed E-state index contributed by atoms with van der Waals surface area (Å²) < 4.78 is 0. The first-order chi connectivity index (χ1) is 7.54. The fourth-order valence-corrected chi connectivity index (χ4v) is 2.41. The Morgan fingerprint density at radius 2 is 2.12 bits per heavy atom. The van der Waals surface area contributed by atoms with Crippen LogP contribution in [0.4, 0.5) is 0 Å². The molecule has 1 aromatic carbocycles. The van der Waals surface area contributed by atoms with E-state index in [0.29, 0.717) is 5.75 Å². The minimum Gasteiger partial charge on any atom is -0.368 e. The molecule has 0 spiro atoms. The van der Waals surface area contributed by atoms with Crippen LogP contribution in [0.5, 0.6) is 0 Å². The van der Waals surface area contributed by atoms with Crippen LogP contribution in [0.25, 0.3) is 0 Å². The summed E-state index contributed by atoms with van der Waals surface area (Å²) in [7, 11) is 1.75. The molecule has 1 unspecified atom stereocenters. The second-order valence-corrected chi connectivity index (χ2v) is 4.89. The molecule has 16 heavy (non-hydrogen) atoms. The largest absolute Gasteiger partial charge is 0.368 e. The molecule has 0 aliphatic rings. The Morgan fingerprint density at radius 3 is 2.62 bits per heavy atom. The van der Waals surface area contributed by atoms with E-state index in [-0.39, 0.29) is 11.9 Å². The van der Waals surface area contributed by atoms with Crippen molar-refractivity contribution in [3.05, 3.63) is 29.3 Å². The van der Waals surface area contributed by atoms with Crippen molar-refractivity contribution in [2.75, 3.05) is 12.8 Å². The molecular formula is C12H18N2OS. The molecule has 0 aliphatic carbocycles. The maximum absolute atomic E-state index is 11.0. The van der Waals surface area contributed by atoms with Gasteiger partial charge in [0.1, 0.15) is 0 Å². The van der Waals surface area contributed by atoms with Gasteiger partial charge in [0.15, 0.2) is 0 Å². The molecule has 0 heterocycles. The summed E-state index contributed by atoms with van der Waals surface area (Å²) in [6, 6.07) is 6.02. The highest BCUT2D eigenvalue weighted by atomic mass is 32.2. The van der Waals surface area contributed by atoms with Crippen molar-refractivity contribution in [1.82, 2.24) is 5.32 Å². The molecule has 0 aliphatic heterocycles. The Hall–Kier alpha value is -1.00. The molecule has 4 heteroatoms. The highest BCUT2D eigenvalue weighted by Gasteiger charge is 2.12. The molecule has 0 fully saturated rings. The number of thioether (sulfide) groups is 1. The van der Waals surface area contributed by atoms with Crippen LogP contribution < -0.4 is 11.1 Å². The van der Waals surface area contributed by atoms with E-state index in [1.165, 1.54) is 16.0 Å². The SMILES string of the molecule is CNC(CSc1ccc(C)c(C)c1)C(N)=O. The number of likely N-dealkylation sites (N-methyl/N-ethyl adjacent to an activating group) is 1.